The number of urea groups is 1. The molecule has 15 nitrogen and oxygen atoms in total. The maximum absolute atomic E-state index is 13.4. The number of likely N-dealkylation sites (tertiary alicyclic amines) is 2. The van der Waals surface area contributed by atoms with E-state index in [1.165, 1.54) is 0 Å². The van der Waals surface area contributed by atoms with Crippen LogP contribution in [0.15, 0.2) is 70.5 Å². The Morgan fingerprint density at radius 2 is 0.966 bits per heavy atom. The number of hydrogen-bond acceptors (Lipinski definition) is 12. The maximum Gasteiger partial charge on any atom is 0.314 e. The molecule has 4 aliphatic rings. The quantitative estimate of drug-likeness (QED) is 0.0272. The summed E-state index contributed by atoms with van der Waals surface area (Å²) in [5.74, 6) is 1.65. The van der Waals surface area contributed by atoms with Gasteiger partial charge >= 0.3 is 6.03 Å². The van der Waals surface area contributed by atoms with Crippen LogP contribution in [0.2, 0.25) is 20.1 Å². The van der Waals surface area contributed by atoms with E-state index in [1.807, 2.05) is 26.0 Å². The van der Waals surface area contributed by atoms with Gasteiger partial charge in [-0.05, 0) is 187 Å². The van der Waals surface area contributed by atoms with Crippen LogP contribution in [0, 0.1) is 13.8 Å². The molecule has 486 valence electrons. The van der Waals surface area contributed by atoms with E-state index in [4.69, 9.17) is 67.3 Å². The fourth-order valence-electron chi connectivity index (χ4n) is 13.2. The van der Waals surface area contributed by atoms with Crippen LogP contribution < -0.4 is 36.3 Å². The number of nitrogens with one attached hydrogen (secondary N) is 3. The molecule has 2 aliphatic heterocycles. The highest BCUT2D eigenvalue weighted by atomic mass is 35.5. The first-order valence-corrected chi connectivity index (χ1v) is 37.2. The number of Topliss-reactive ketones (excluding diaryl/α,β-unsaturated/α-hetero) is 1. The van der Waals surface area contributed by atoms with Gasteiger partial charge in [0.05, 0.1) is 27.6 Å². The number of benzene rings is 4. The van der Waals surface area contributed by atoms with Gasteiger partial charge in [0.25, 0.3) is 0 Å². The van der Waals surface area contributed by atoms with E-state index in [0.717, 1.165) is 201 Å². The van der Waals surface area contributed by atoms with Crippen LogP contribution in [0.4, 0.5) is 4.79 Å². The number of rotatable bonds is 35. The van der Waals surface area contributed by atoms with E-state index in [9.17, 15) is 26.4 Å². The molecule has 0 saturated carbocycles. The topological polar surface area (TPSA) is 215 Å². The van der Waals surface area contributed by atoms with Crippen LogP contribution in [-0.2, 0) is 37.5 Å². The van der Waals surface area contributed by atoms with Gasteiger partial charge in [-0.15, -0.1) is 0 Å². The van der Waals surface area contributed by atoms with E-state index in [1.54, 1.807) is 48.5 Å². The average Bonchev–Trinajstić information content (AvgIpc) is 2.55. The van der Waals surface area contributed by atoms with Crippen molar-refractivity contribution in [2.24, 2.45) is 11.5 Å². The first kappa shape index (κ1) is 70.2. The Bertz CT molecular complexity index is 2990. The number of halogens is 4. The number of nitrogens with two attached hydrogens (primary N) is 2. The number of hydrogen-bond donors (Lipinski definition) is 5. The van der Waals surface area contributed by atoms with Gasteiger partial charge < -0.3 is 31.6 Å². The second-order valence-corrected chi connectivity index (χ2v) is 30.7. The Hall–Kier alpha value is -3.72. The standard InChI is InChI=1S/C67H95Cl4N7O8S2/c1-46-36-53(26-28-63(46)85-65-57-38-48(68)40-59(70)55(57)42-61(65)77-33-20-22-50(72)44-77)87(81,82)35-19-12-8-4-6-10-16-30-74-67(80)75-31-17-13-15-25-52(79)24-14-9-5-3-7-11-18-32-76-88(83,84)54-27-29-64(47(2)37-54)86-66-58-39-49(69)41-60(71)56(58)43-62(66)78-34-21-23-51(73)45-78/h26-29,36-41,50-51,61-62,65-66,76H,3-25,30-35,42-45,72-73H2,1-2H3,(H2,74,75,80)/t50-,51-,61+,62+,65+,66+/m1/s1. The number of sulfone groups is 1. The highest BCUT2D eigenvalue weighted by Gasteiger charge is 2.43. The third-order valence-electron chi connectivity index (χ3n) is 18.1. The fraction of sp³-hybridized carbons (Fsp3) is 0.612. The highest BCUT2D eigenvalue weighted by molar-refractivity contribution is 7.91. The lowest BCUT2D eigenvalue weighted by molar-refractivity contribution is -0.119. The lowest BCUT2D eigenvalue weighted by atomic mass is 10.0. The maximum atomic E-state index is 13.4. The number of ketones is 1. The number of sulfonamides is 1. The molecule has 7 N–H and O–H groups in total. The molecule has 2 saturated heterocycles. The van der Waals surface area contributed by atoms with Gasteiger partial charge in [-0.3, -0.25) is 14.6 Å². The molecular formula is C67H95Cl4N7O8S2. The molecule has 2 aliphatic carbocycles. The molecule has 4 aromatic carbocycles. The minimum Gasteiger partial charge on any atom is -0.484 e. The fourth-order valence-corrected chi connectivity index (χ4v) is 17.0. The molecule has 8 rings (SSSR count). The van der Waals surface area contributed by atoms with Crippen LogP contribution in [0.5, 0.6) is 11.5 Å². The summed E-state index contributed by atoms with van der Waals surface area (Å²) in [6.07, 6.45) is 21.5. The van der Waals surface area contributed by atoms with Crippen LogP contribution in [0.1, 0.15) is 193 Å². The number of amides is 2. The minimum atomic E-state index is -3.70. The van der Waals surface area contributed by atoms with E-state index in [-0.39, 0.29) is 53.1 Å². The first-order valence-electron chi connectivity index (χ1n) is 32.5. The van der Waals surface area contributed by atoms with Crippen molar-refractivity contribution in [2.75, 3.05) is 51.6 Å². The second-order valence-electron chi connectivity index (χ2n) is 25.1. The normalized spacial score (nSPS) is 20.6. The van der Waals surface area contributed by atoms with Gasteiger partial charge in [0, 0.05) is 88.9 Å². The van der Waals surface area contributed by atoms with E-state index < -0.39 is 19.9 Å². The Balaban J connectivity index is 0.591. The molecule has 0 bridgehead atoms. The SMILES string of the molecule is Cc1cc(S(=O)(=O)CCCCCCCCCNC(=O)NCCCCCC(=O)CCCCCCCCCNS(=O)(=O)c2ccc(O[C@H]3c4cc(Cl)cc(Cl)c4C[C@@H]3N3CCC[C@@H](N)C3)c(C)c2)ccc1O[C@H]1c2cc(Cl)cc(Cl)c2C[C@@H]1N1CCC[C@@H](N)C1. The second kappa shape index (κ2) is 34.3. The smallest absolute Gasteiger partial charge is 0.314 e. The molecule has 2 heterocycles. The molecule has 6 atom stereocenters. The third-order valence-corrected chi connectivity index (χ3v) is 22.5. The van der Waals surface area contributed by atoms with Crippen molar-refractivity contribution in [2.45, 2.75) is 221 Å². The lowest BCUT2D eigenvalue weighted by Gasteiger charge is -2.38. The number of fused-ring (bicyclic) bond motifs is 2. The molecule has 0 radical (unpaired) electrons. The first-order chi connectivity index (χ1) is 42.3. The van der Waals surface area contributed by atoms with Crippen molar-refractivity contribution in [3.05, 3.63) is 114 Å². The summed E-state index contributed by atoms with van der Waals surface area (Å²) in [4.78, 5) is 30.1. The number of ether oxygens (including phenoxy) is 2. The minimum absolute atomic E-state index is 0.0323. The van der Waals surface area contributed by atoms with Gasteiger partial charge in [-0.1, -0.05) is 117 Å². The molecule has 2 fully saturated rings. The van der Waals surface area contributed by atoms with Crippen molar-refractivity contribution in [3.8, 4) is 11.5 Å². The van der Waals surface area contributed by atoms with E-state index >= 15 is 0 Å². The number of nitrogens with zero attached hydrogens (tertiary/aromatic N) is 2. The molecule has 21 heteroatoms. The molecule has 2 amide bonds. The van der Waals surface area contributed by atoms with Gasteiger partial charge in [0.2, 0.25) is 10.0 Å². The zero-order chi connectivity index (χ0) is 62.8. The summed E-state index contributed by atoms with van der Waals surface area (Å²) in [6, 6.07) is 17.7. The van der Waals surface area contributed by atoms with E-state index in [0.29, 0.717) is 81.2 Å². The predicted octanol–water partition coefficient (Wildman–Crippen LogP) is 13.9. The number of carbonyl (C=O) groups is 2. The van der Waals surface area contributed by atoms with Crippen LogP contribution in [0.3, 0.4) is 0 Å². The van der Waals surface area contributed by atoms with Gasteiger partial charge in [-0.25, -0.2) is 26.4 Å². The molecule has 4 aromatic rings. The zero-order valence-corrected chi connectivity index (χ0v) is 56.4. The van der Waals surface area contributed by atoms with Crippen molar-refractivity contribution >= 4 is 78.1 Å². The van der Waals surface area contributed by atoms with Crippen molar-refractivity contribution in [1.82, 2.24) is 25.2 Å². The number of unbranched alkanes of at least 4 members (excludes halogenated alkanes) is 14. The molecule has 0 aromatic heterocycles. The van der Waals surface area contributed by atoms with Crippen LogP contribution >= 0.6 is 46.4 Å². The van der Waals surface area contributed by atoms with Crippen molar-refractivity contribution in [3.63, 3.8) is 0 Å². The van der Waals surface area contributed by atoms with E-state index in [2.05, 4.69) is 25.2 Å². The largest absolute Gasteiger partial charge is 0.484 e. The average molecular weight is 1330 g/mol. The Kier molecular flexibility index (Phi) is 27.3. The number of aryl methyl sites for hydroxylation is 2. The van der Waals surface area contributed by atoms with Gasteiger partial charge in [0.1, 0.15) is 29.5 Å². The van der Waals surface area contributed by atoms with Gasteiger partial charge in [0.15, 0.2) is 9.84 Å². The van der Waals surface area contributed by atoms with Crippen molar-refractivity contribution < 1.29 is 35.9 Å². The summed E-state index contributed by atoms with van der Waals surface area (Å²) in [5.41, 5.74) is 18.2. The lowest BCUT2D eigenvalue weighted by Crippen LogP contribution is -2.49. The van der Waals surface area contributed by atoms with Crippen LogP contribution in [-0.4, -0.2) is 114 Å². The summed E-state index contributed by atoms with van der Waals surface area (Å²) in [6.45, 7) is 8.71. The Morgan fingerprint density at radius 3 is 1.44 bits per heavy atom. The summed E-state index contributed by atoms with van der Waals surface area (Å²) < 4.78 is 69.6. The zero-order valence-electron chi connectivity index (χ0n) is 51.7. The monoisotopic (exact) mass is 1330 g/mol. The van der Waals surface area contributed by atoms with Crippen molar-refractivity contribution in [1.29, 1.82) is 0 Å². The summed E-state index contributed by atoms with van der Waals surface area (Å²) in [5, 5.41) is 8.23. The summed E-state index contributed by atoms with van der Waals surface area (Å²) in [7, 11) is -7.17. The van der Waals surface area contributed by atoms with Gasteiger partial charge in [-0.2, -0.15) is 0 Å². The Morgan fingerprint density at radius 1 is 0.545 bits per heavy atom. The Labute approximate surface area is 544 Å². The molecule has 0 spiro atoms. The summed E-state index contributed by atoms with van der Waals surface area (Å²) >= 11 is 26.3. The molecule has 0 unspecified atom stereocenters. The number of piperidine rings is 2. The van der Waals surface area contributed by atoms with Crippen LogP contribution in [0.25, 0.3) is 0 Å². The highest BCUT2D eigenvalue weighted by Crippen LogP contribution is 2.46. The predicted molar refractivity (Wildman–Crippen MR) is 356 cm³/mol. The molecular weight excluding hydrogens is 1240 g/mol. The number of carbonyl (C=O) groups excluding carboxylic acids is 2. The third kappa shape index (κ3) is 20.4. The molecule has 88 heavy (non-hydrogen) atoms.